The Balaban J connectivity index is 1.51. The van der Waals surface area contributed by atoms with Crippen LogP contribution in [0.4, 0.5) is 0 Å². The average Bonchev–Trinajstić information content (AvgIpc) is 3.10. The summed E-state index contributed by atoms with van der Waals surface area (Å²) in [6, 6.07) is 17.5. The Morgan fingerprint density at radius 2 is 1.73 bits per heavy atom. The molecule has 3 rings (SSSR count). The number of rotatable bonds is 5. The maximum atomic E-state index is 12.0. The fourth-order valence-corrected chi connectivity index (χ4v) is 5.02. The summed E-state index contributed by atoms with van der Waals surface area (Å²) in [5, 5.41) is 0. The van der Waals surface area contributed by atoms with Gasteiger partial charge in [0, 0.05) is 17.1 Å². The van der Waals surface area contributed by atoms with Gasteiger partial charge in [0.1, 0.15) is 0 Å². The van der Waals surface area contributed by atoms with Crippen LogP contribution in [0.3, 0.4) is 0 Å². The van der Waals surface area contributed by atoms with Crippen molar-refractivity contribution in [2.24, 2.45) is 0 Å². The van der Waals surface area contributed by atoms with Crippen molar-refractivity contribution in [3.8, 4) is 0 Å². The topological polar surface area (TPSA) is 38.3 Å². The largest absolute Gasteiger partial charge is 0.274 e. The standard InChI is InChI=1S/C17H17NO2S2/c19-16(18-20-12-13-4-2-1-3-5-13)14-6-8-15(9-7-14)17-21-10-11-22-17/h1-9,17H,10-12H2,(H,18,19). The lowest BCUT2D eigenvalue weighted by Crippen LogP contribution is -2.23. The van der Waals surface area contributed by atoms with Crippen molar-refractivity contribution < 1.29 is 9.63 Å². The Labute approximate surface area is 138 Å². The molecule has 0 spiro atoms. The first-order valence-electron chi connectivity index (χ1n) is 7.12. The second-order valence-electron chi connectivity index (χ2n) is 4.90. The van der Waals surface area contributed by atoms with Crippen LogP contribution in [0.1, 0.15) is 26.1 Å². The molecule has 2 aromatic rings. The van der Waals surface area contributed by atoms with E-state index >= 15 is 0 Å². The van der Waals surface area contributed by atoms with E-state index < -0.39 is 0 Å². The van der Waals surface area contributed by atoms with Crippen molar-refractivity contribution >= 4 is 29.4 Å². The van der Waals surface area contributed by atoms with Gasteiger partial charge in [-0.1, -0.05) is 42.5 Å². The summed E-state index contributed by atoms with van der Waals surface area (Å²) >= 11 is 3.92. The first-order valence-corrected chi connectivity index (χ1v) is 9.22. The summed E-state index contributed by atoms with van der Waals surface area (Å²) in [5.41, 5.74) is 5.40. The lowest BCUT2D eigenvalue weighted by Gasteiger charge is -2.09. The summed E-state index contributed by atoms with van der Waals surface area (Å²) in [6.45, 7) is 0.361. The van der Waals surface area contributed by atoms with E-state index in [0.29, 0.717) is 16.8 Å². The van der Waals surface area contributed by atoms with E-state index in [1.165, 1.54) is 17.1 Å². The van der Waals surface area contributed by atoms with Gasteiger partial charge in [-0.05, 0) is 23.3 Å². The molecule has 1 saturated heterocycles. The van der Waals surface area contributed by atoms with Crippen molar-refractivity contribution in [3.05, 3.63) is 71.3 Å². The molecular formula is C17H17NO2S2. The number of carbonyl (C=O) groups is 1. The van der Waals surface area contributed by atoms with Crippen LogP contribution in [-0.4, -0.2) is 17.4 Å². The molecule has 1 fully saturated rings. The maximum Gasteiger partial charge on any atom is 0.274 e. The van der Waals surface area contributed by atoms with E-state index in [1.807, 2.05) is 78.1 Å². The van der Waals surface area contributed by atoms with Gasteiger partial charge in [-0.3, -0.25) is 9.63 Å². The molecule has 0 unspecified atom stereocenters. The predicted molar refractivity (Wildman–Crippen MR) is 92.8 cm³/mol. The number of carbonyl (C=O) groups excluding carboxylic acids is 1. The summed E-state index contributed by atoms with van der Waals surface area (Å²) in [7, 11) is 0. The van der Waals surface area contributed by atoms with Crippen LogP contribution in [0, 0.1) is 0 Å². The van der Waals surface area contributed by atoms with E-state index in [-0.39, 0.29) is 5.91 Å². The highest BCUT2D eigenvalue weighted by molar-refractivity contribution is 8.19. The van der Waals surface area contributed by atoms with Gasteiger partial charge in [0.05, 0.1) is 11.2 Å². The zero-order valence-electron chi connectivity index (χ0n) is 12.0. The Morgan fingerprint density at radius 1 is 1.05 bits per heavy atom. The highest BCUT2D eigenvalue weighted by Gasteiger charge is 2.18. The second-order valence-corrected chi connectivity index (χ2v) is 7.63. The third-order valence-corrected chi connectivity index (χ3v) is 6.42. The van der Waals surface area contributed by atoms with Gasteiger partial charge >= 0.3 is 0 Å². The van der Waals surface area contributed by atoms with E-state index in [1.54, 1.807) is 0 Å². The molecule has 2 aromatic carbocycles. The van der Waals surface area contributed by atoms with Crippen molar-refractivity contribution in [3.63, 3.8) is 0 Å². The van der Waals surface area contributed by atoms with Crippen LogP contribution in [-0.2, 0) is 11.4 Å². The highest BCUT2D eigenvalue weighted by atomic mass is 32.2. The summed E-state index contributed by atoms with van der Waals surface area (Å²) < 4.78 is 0.506. The lowest BCUT2D eigenvalue weighted by molar-refractivity contribution is 0.0233. The number of hydrogen-bond acceptors (Lipinski definition) is 4. The first-order chi connectivity index (χ1) is 10.8. The molecule has 5 heteroatoms. The van der Waals surface area contributed by atoms with Crippen LogP contribution in [0.2, 0.25) is 0 Å². The molecule has 1 N–H and O–H groups in total. The van der Waals surface area contributed by atoms with Crippen molar-refractivity contribution in [1.29, 1.82) is 0 Å². The quantitative estimate of drug-likeness (QED) is 0.840. The maximum absolute atomic E-state index is 12.0. The Morgan fingerprint density at radius 3 is 2.41 bits per heavy atom. The van der Waals surface area contributed by atoms with E-state index in [9.17, 15) is 4.79 Å². The Bertz CT molecular complexity index is 610. The fourth-order valence-electron chi connectivity index (χ4n) is 2.16. The molecule has 0 atom stereocenters. The van der Waals surface area contributed by atoms with Crippen LogP contribution < -0.4 is 5.48 Å². The van der Waals surface area contributed by atoms with E-state index in [0.717, 1.165) is 5.56 Å². The summed E-state index contributed by atoms with van der Waals surface area (Å²) in [6.07, 6.45) is 0. The fraction of sp³-hybridized carbons (Fsp3) is 0.235. The summed E-state index contributed by atoms with van der Waals surface area (Å²) in [5.74, 6) is 2.18. The minimum absolute atomic E-state index is 0.214. The molecule has 0 bridgehead atoms. The highest BCUT2D eigenvalue weighted by Crippen LogP contribution is 2.45. The summed E-state index contributed by atoms with van der Waals surface area (Å²) in [4.78, 5) is 17.3. The van der Waals surface area contributed by atoms with Crippen molar-refractivity contribution in [1.82, 2.24) is 5.48 Å². The van der Waals surface area contributed by atoms with Gasteiger partial charge < -0.3 is 0 Å². The van der Waals surface area contributed by atoms with Gasteiger partial charge in [0.15, 0.2) is 0 Å². The number of amides is 1. The number of nitrogens with one attached hydrogen (secondary N) is 1. The number of hydrogen-bond donors (Lipinski definition) is 1. The average molecular weight is 331 g/mol. The van der Waals surface area contributed by atoms with E-state index in [4.69, 9.17) is 4.84 Å². The van der Waals surface area contributed by atoms with Crippen molar-refractivity contribution in [2.45, 2.75) is 11.2 Å². The molecule has 0 aliphatic carbocycles. The van der Waals surface area contributed by atoms with Crippen LogP contribution in [0.25, 0.3) is 0 Å². The molecule has 0 saturated carbocycles. The minimum atomic E-state index is -0.214. The normalized spacial score (nSPS) is 14.9. The molecule has 22 heavy (non-hydrogen) atoms. The monoisotopic (exact) mass is 331 g/mol. The second kappa shape index (κ2) is 7.72. The molecule has 114 valence electrons. The van der Waals surface area contributed by atoms with Crippen LogP contribution in [0.5, 0.6) is 0 Å². The number of thioether (sulfide) groups is 2. The lowest BCUT2D eigenvalue weighted by atomic mass is 10.1. The molecule has 1 aliphatic heterocycles. The molecule has 3 nitrogen and oxygen atoms in total. The zero-order chi connectivity index (χ0) is 15.2. The smallest absolute Gasteiger partial charge is 0.269 e. The SMILES string of the molecule is O=C(NOCc1ccccc1)c1ccc(C2SCCS2)cc1. The van der Waals surface area contributed by atoms with Crippen LogP contribution in [0.15, 0.2) is 54.6 Å². The Hall–Kier alpha value is -1.43. The van der Waals surface area contributed by atoms with Gasteiger partial charge in [-0.25, -0.2) is 5.48 Å². The molecule has 1 heterocycles. The van der Waals surface area contributed by atoms with Crippen molar-refractivity contribution in [2.75, 3.05) is 11.5 Å². The molecule has 1 amide bonds. The van der Waals surface area contributed by atoms with E-state index in [2.05, 4.69) is 5.48 Å². The minimum Gasteiger partial charge on any atom is -0.269 e. The molecule has 0 radical (unpaired) electrons. The molecule has 1 aliphatic rings. The Kier molecular flexibility index (Phi) is 5.43. The number of hydroxylamine groups is 1. The third kappa shape index (κ3) is 4.06. The molecular weight excluding hydrogens is 314 g/mol. The van der Waals surface area contributed by atoms with Gasteiger partial charge in [-0.2, -0.15) is 0 Å². The number of benzene rings is 2. The van der Waals surface area contributed by atoms with Gasteiger partial charge in [0.2, 0.25) is 0 Å². The molecule has 0 aromatic heterocycles. The van der Waals surface area contributed by atoms with Crippen LogP contribution >= 0.6 is 23.5 Å². The third-order valence-electron chi connectivity index (χ3n) is 3.31. The first kappa shape index (κ1) is 15.5. The van der Waals surface area contributed by atoms with Gasteiger partial charge in [0.25, 0.3) is 5.91 Å². The zero-order valence-corrected chi connectivity index (χ0v) is 13.7. The predicted octanol–water partition coefficient (Wildman–Crippen LogP) is 4.03. The van der Waals surface area contributed by atoms with Gasteiger partial charge in [-0.15, -0.1) is 23.5 Å².